The van der Waals surface area contributed by atoms with Crippen LogP contribution in [-0.4, -0.2) is 13.1 Å². The smallest absolute Gasteiger partial charge is 0.137 e. The van der Waals surface area contributed by atoms with Crippen molar-refractivity contribution in [1.29, 1.82) is 0 Å². The third-order valence-electron chi connectivity index (χ3n) is 3.15. The Morgan fingerprint density at radius 1 is 1.29 bits per heavy atom. The van der Waals surface area contributed by atoms with Gasteiger partial charge in [0, 0.05) is 5.39 Å². The number of rotatable bonds is 5. The van der Waals surface area contributed by atoms with Crippen LogP contribution in [0.15, 0.2) is 28.9 Å². The van der Waals surface area contributed by atoms with E-state index in [4.69, 9.17) is 4.42 Å². The summed E-state index contributed by atoms with van der Waals surface area (Å²) in [5.41, 5.74) is 3.68. The Labute approximate surface area is 103 Å². The van der Waals surface area contributed by atoms with Gasteiger partial charge in [-0.1, -0.05) is 39.0 Å². The van der Waals surface area contributed by atoms with E-state index < -0.39 is 0 Å². The average molecular weight is 231 g/mol. The molecule has 0 spiro atoms. The van der Waals surface area contributed by atoms with E-state index in [1.165, 1.54) is 16.5 Å². The monoisotopic (exact) mass is 231 g/mol. The summed E-state index contributed by atoms with van der Waals surface area (Å²) in [5, 5.41) is 4.62. The molecule has 2 aromatic rings. The molecule has 2 nitrogen and oxygen atoms in total. The highest BCUT2D eigenvalue weighted by Crippen LogP contribution is 2.29. The first-order valence-corrected chi connectivity index (χ1v) is 6.43. The van der Waals surface area contributed by atoms with Gasteiger partial charge in [0.1, 0.15) is 5.58 Å². The van der Waals surface area contributed by atoms with Gasteiger partial charge in [0.15, 0.2) is 0 Å². The zero-order chi connectivity index (χ0) is 12.3. The van der Waals surface area contributed by atoms with E-state index in [2.05, 4.69) is 44.3 Å². The molecule has 92 valence electrons. The first-order chi connectivity index (χ1) is 8.24. The average Bonchev–Trinajstić information content (AvgIpc) is 2.72. The van der Waals surface area contributed by atoms with Crippen LogP contribution in [0.2, 0.25) is 0 Å². The van der Waals surface area contributed by atoms with Crippen LogP contribution in [0.25, 0.3) is 11.0 Å². The number of likely N-dealkylation sites (N-methyl/N-ethyl adjacent to an activating group) is 1. The SMILES string of the molecule is CCNCCc1coc2c(C(C)C)cccc12. The van der Waals surface area contributed by atoms with Gasteiger partial charge in [-0.3, -0.25) is 0 Å². The predicted octanol–water partition coefficient (Wildman–Crippen LogP) is 3.71. The van der Waals surface area contributed by atoms with Crippen molar-refractivity contribution in [2.75, 3.05) is 13.1 Å². The predicted molar refractivity (Wildman–Crippen MR) is 72.6 cm³/mol. The van der Waals surface area contributed by atoms with E-state index in [-0.39, 0.29) is 0 Å². The summed E-state index contributed by atoms with van der Waals surface area (Å²) >= 11 is 0. The van der Waals surface area contributed by atoms with Crippen molar-refractivity contribution in [1.82, 2.24) is 5.32 Å². The van der Waals surface area contributed by atoms with Crippen LogP contribution in [0, 0.1) is 0 Å². The third-order valence-corrected chi connectivity index (χ3v) is 3.15. The lowest BCUT2D eigenvalue weighted by atomic mass is 9.99. The van der Waals surface area contributed by atoms with E-state index in [0.29, 0.717) is 5.92 Å². The molecule has 0 radical (unpaired) electrons. The molecule has 1 aromatic carbocycles. The van der Waals surface area contributed by atoms with E-state index in [1.807, 2.05) is 6.26 Å². The molecular formula is C15H21NO. The molecule has 0 unspecified atom stereocenters. The summed E-state index contributed by atoms with van der Waals surface area (Å²) in [5.74, 6) is 0.506. The Kier molecular flexibility index (Phi) is 3.85. The Hall–Kier alpha value is -1.28. The number of benzene rings is 1. The number of para-hydroxylation sites is 1. The fourth-order valence-corrected chi connectivity index (χ4v) is 2.18. The van der Waals surface area contributed by atoms with E-state index in [9.17, 15) is 0 Å². The van der Waals surface area contributed by atoms with Gasteiger partial charge in [-0.05, 0) is 36.6 Å². The van der Waals surface area contributed by atoms with E-state index >= 15 is 0 Å². The second-order valence-electron chi connectivity index (χ2n) is 4.74. The lowest BCUT2D eigenvalue weighted by Crippen LogP contribution is -2.15. The van der Waals surface area contributed by atoms with Gasteiger partial charge in [0.25, 0.3) is 0 Å². The minimum atomic E-state index is 0.506. The highest BCUT2D eigenvalue weighted by atomic mass is 16.3. The summed E-state index contributed by atoms with van der Waals surface area (Å²) in [6, 6.07) is 6.44. The molecule has 0 aliphatic heterocycles. The molecule has 0 atom stereocenters. The maximum absolute atomic E-state index is 5.74. The highest BCUT2D eigenvalue weighted by Gasteiger charge is 2.11. The molecule has 1 heterocycles. The molecule has 1 aromatic heterocycles. The first-order valence-electron chi connectivity index (χ1n) is 6.43. The van der Waals surface area contributed by atoms with Crippen LogP contribution < -0.4 is 5.32 Å². The molecule has 2 heteroatoms. The van der Waals surface area contributed by atoms with Crippen LogP contribution in [-0.2, 0) is 6.42 Å². The standard InChI is InChI=1S/C15H21NO/c1-4-16-9-8-12-10-17-15-13(11(2)3)6-5-7-14(12)15/h5-7,10-11,16H,4,8-9H2,1-3H3. The van der Waals surface area contributed by atoms with Crippen LogP contribution in [0.4, 0.5) is 0 Å². The Balaban J connectivity index is 2.31. The van der Waals surface area contributed by atoms with Gasteiger partial charge in [0.05, 0.1) is 6.26 Å². The van der Waals surface area contributed by atoms with Gasteiger partial charge in [0.2, 0.25) is 0 Å². The largest absolute Gasteiger partial charge is 0.464 e. The molecule has 0 aliphatic rings. The van der Waals surface area contributed by atoms with Crippen molar-refractivity contribution in [3.05, 3.63) is 35.6 Å². The second kappa shape index (κ2) is 5.37. The van der Waals surface area contributed by atoms with Crippen molar-refractivity contribution < 1.29 is 4.42 Å². The van der Waals surface area contributed by atoms with Crippen molar-refractivity contribution in [2.24, 2.45) is 0 Å². The number of furan rings is 1. The Bertz CT molecular complexity index is 485. The minimum absolute atomic E-state index is 0.506. The van der Waals surface area contributed by atoms with Gasteiger partial charge in [-0.2, -0.15) is 0 Å². The van der Waals surface area contributed by atoms with Crippen molar-refractivity contribution in [3.8, 4) is 0 Å². The lowest BCUT2D eigenvalue weighted by Gasteiger charge is -2.05. The molecule has 1 N–H and O–H groups in total. The first kappa shape index (κ1) is 12.2. The lowest BCUT2D eigenvalue weighted by molar-refractivity contribution is 0.599. The Morgan fingerprint density at radius 3 is 2.82 bits per heavy atom. The maximum atomic E-state index is 5.74. The zero-order valence-electron chi connectivity index (χ0n) is 10.9. The number of hydrogen-bond acceptors (Lipinski definition) is 2. The van der Waals surface area contributed by atoms with Gasteiger partial charge in [-0.25, -0.2) is 0 Å². The third kappa shape index (κ3) is 2.52. The van der Waals surface area contributed by atoms with Crippen LogP contribution in [0.5, 0.6) is 0 Å². The summed E-state index contributed by atoms with van der Waals surface area (Å²) in [6.07, 6.45) is 2.94. The molecule has 0 bridgehead atoms. The molecule has 0 aliphatic carbocycles. The summed E-state index contributed by atoms with van der Waals surface area (Å²) in [7, 11) is 0. The molecule has 17 heavy (non-hydrogen) atoms. The van der Waals surface area contributed by atoms with Crippen LogP contribution in [0.3, 0.4) is 0 Å². The number of nitrogens with one attached hydrogen (secondary N) is 1. The zero-order valence-corrected chi connectivity index (χ0v) is 10.9. The van der Waals surface area contributed by atoms with Gasteiger partial charge < -0.3 is 9.73 Å². The molecular weight excluding hydrogens is 210 g/mol. The molecule has 0 fully saturated rings. The van der Waals surface area contributed by atoms with Gasteiger partial charge >= 0.3 is 0 Å². The molecule has 0 saturated carbocycles. The quantitative estimate of drug-likeness (QED) is 0.794. The number of hydrogen-bond donors (Lipinski definition) is 1. The fraction of sp³-hybridized carbons (Fsp3) is 0.467. The van der Waals surface area contributed by atoms with Crippen molar-refractivity contribution >= 4 is 11.0 Å². The second-order valence-corrected chi connectivity index (χ2v) is 4.74. The highest BCUT2D eigenvalue weighted by molar-refractivity contribution is 5.84. The van der Waals surface area contributed by atoms with Crippen LogP contribution >= 0.6 is 0 Å². The Morgan fingerprint density at radius 2 is 2.12 bits per heavy atom. The van der Waals surface area contributed by atoms with Crippen molar-refractivity contribution in [3.63, 3.8) is 0 Å². The normalized spacial score (nSPS) is 11.5. The molecule has 0 amide bonds. The van der Waals surface area contributed by atoms with Crippen LogP contribution in [0.1, 0.15) is 37.8 Å². The minimum Gasteiger partial charge on any atom is -0.464 e. The molecule has 2 rings (SSSR count). The fourth-order valence-electron chi connectivity index (χ4n) is 2.18. The van der Waals surface area contributed by atoms with E-state index in [0.717, 1.165) is 25.1 Å². The van der Waals surface area contributed by atoms with E-state index in [1.54, 1.807) is 0 Å². The van der Waals surface area contributed by atoms with Gasteiger partial charge in [-0.15, -0.1) is 0 Å². The van der Waals surface area contributed by atoms with Crippen molar-refractivity contribution in [2.45, 2.75) is 33.1 Å². The summed E-state index contributed by atoms with van der Waals surface area (Å²) in [6.45, 7) is 8.57. The summed E-state index contributed by atoms with van der Waals surface area (Å²) in [4.78, 5) is 0. The maximum Gasteiger partial charge on any atom is 0.137 e. The summed E-state index contributed by atoms with van der Waals surface area (Å²) < 4.78 is 5.74. The number of fused-ring (bicyclic) bond motifs is 1. The molecule has 0 saturated heterocycles. The topological polar surface area (TPSA) is 25.2 Å².